The molecular formula is C5H10N2O4. The van der Waals surface area contributed by atoms with E-state index in [1.807, 2.05) is 0 Å². The van der Waals surface area contributed by atoms with Crippen molar-refractivity contribution in [3.63, 3.8) is 0 Å². The molecule has 0 spiro atoms. The number of nitrogens with two attached hydrogens (primary N) is 1. The van der Waals surface area contributed by atoms with E-state index in [0.29, 0.717) is 0 Å². The molecule has 0 aliphatic rings. The fraction of sp³-hybridized carbons (Fsp3) is 0.800. The third kappa shape index (κ3) is 1.87. The maximum atomic E-state index is 10.2. The minimum absolute atomic E-state index is 0.703. The van der Waals surface area contributed by atoms with E-state index in [-0.39, 0.29) is 0 Å². The van der Waals surface area contributed by atoms with Crippen LogP contribution in [0.1, 0.15) is 13.8 Å². The van der Waals surface area contributed by atoms with Gasteiger partial charge in [-0.1, -0.05) is 0 Å². The first kappa shape index (κ1) is 9.83. The van der Waals surface area contributed by atoms with Crippen molar-refractivity contribution in [1.29, 1.82) is 0 Å². The van der Waals surface area contributed by atoms with Gasteiger partial charge in [-0.05, 0) is 0 Å². The molecule has 0 rings (SSSR count). The molecule has 0 aromatic carbocycles. The van der Waals surface area contributed by atoms with E-state index in [2.05, 4.69) is 0 Å². The zero-order valence-electron chi connectivity index (χ0n) is 6.27. The van der Waals surface area contributed by atoms with Crippen LogP contribution in [0.15, 0.2) is 0 Å². The SMILES string of the molecule is CC(C)([C@H](N)C(=O)O)[N+](=O)[O-]. The molecule has 0 amide bonds. The van der Waals surface area contributed by atoms with E-state index in [4.69, 9.17) is 10.8 Å². The highest BCUT2D eigenvalue weighted by atomic mass is 16.6. The molecule has 0 radical (unpaired) electrons. The maximum Gasteiger partial charge on any atom is 0.327 e. The van der Waals surface area contributed by atoms with Crippen molar-refractivity contribution < 1.29 is 14.8 Å². The third-order valence-corrected chi connectivity index (χ3v) is 1.50. The number of nitro groups is 1. The summed E-state index contributed by atoms with van der Waals surface area (Å²) in [6.45, 7) is 2.34. The normalized spacial score (nSPS) is 14.1. The Morgan fingerprint density at radius 3 is 2.18 bits per heavy atom. The van der Waals surface area contributed by atoms with Gasteiger partial charge in [-0.2, -0.15) is 0 Å². The van der Waals surface area contributed by atoms with Crippen LogP contribution < -0.4 is 5.73 Å². The van der Waals surface area contributed by atoms with E-state index in [0.717, 1.165) is 0 Å². The Morgan fingerprint density at radius 1 is 1.73 bits per heavy atom. The Bertz CT molecular complexity index is 189. The summed E-state index contributed by atoms with van der Waals surface area (Å²) in [6, 6.07) is -1.47. The Balaban J connectivity index is 4.55. The zero-order chi connectivity index (χ0) is 9.23. The van der Waals surface area contributed by atoms with E-state index in [1.165, 1.54) is 13.8 Å². The predicted octanol–water partition coefficient (Wildman–Crippen LogP) is -0.546. The van der Waals surface area contributed by atoms with Crippen LogP contribution in [0.4, 0.5) is 0 Å². The van der Waals surface area contributed by atoms with E-state index >= 15 is 0 Å². The molecule has 0 aromatic heterocycles. The van der Waals surface area contributed by atoms with Crippen LogP contribution >= 0.6 is 0 Å². The maximum absolute atomic E-state index is 10.2. The van der Waals surface area contributed by atoms with Gasteiger partial charge in [-0.25, -0.2) is 0 Å². The Hall–Kier alpha value is -1.17. The molecule has 0 aliphatic carbocycles. The number of aliphatic carboxylic acids is 1. The Labute approximate surface area is 63.1 Å². The number of hydrogen-bond donors (Lipinski definition) is 2. The zero-order valence-corrected chi connectivity index (χ0v) is 6.27. The van der Waals surface area contributed by atoms with Gasteiger partial charge in [0.2, 0.25) is 5.54 Å². The standard InChI is InChI=1S/C5H10N2O4/c1-5(2,7(10)11)3(6)4(8)9/h3H,6H2,1-2H3,(H,8,9)/t3-/m1/s1. The lowest BCUT2D eigenvalue weighted by molar-refractivity contribution is -0.561. The molecule has 0 fully saturated rings. The third-order valence-electron chi connectivity index (χ3n) is 1.50. The van der Waals surface area contributed by atoms with Gasteiger partial charge in [-0.3, -0.25) is 14.9 Å². The van der Waals surface area contributed by atoms with Gasteiger partial charge in [0.25, 0.3) is 0 Å². The van der Waals surface area contributed by atoms with Crippen molar-refractivity contribution in [2.75, 3.05) is 0 Å². The summed E-state index contributed by atoms with van der Waals surface area (Å²) in [5.74, 6) is -1.37. The van der Waals surface area contributed by atoms with Crippen molar-refractivity contribution in [3.05, 3.63) is 10.1 Å². The topological polar surface area (TPSA) is 106 Å². The molecular weight excluding hydrogens is 152 g/mol. The van der Waals surface area contributed by atoms with E-state index in [1.54, 1.807) is 0 Å². The predicted molar refractivity (Wildman–Crippen MR) is 36.7 cm³/mol. The quantitative estimate of drug-likeness (QED) is 0.428. The summed E-state index contributed by atoms with van der Waals surface area (Å²) in [6.07, 6.45) is 0. The fourth-order valence-corrected chi connectivity index (χ4v) is 0.416. The molecule has 3 N–H and O–H groups in total. The summed E-state index contributed by atoms with van der Waals surface area (Å²) >= 11 is 0. The van der Waals surface area contributed by atoms with Crippen molar-refractivity contribution in [2.45, 2.75) is 25.4 Å². The van der Waals surface area contributed by atoms with Crippen LogP contribution in [0, 0.1) is 10.1 Å². The Morgan fingerprint density at radius 2 is 2.09 bits per heavy atom. The van der Waals surface area contributed by atoms with Crippen molar-refractivity contribution in [3.8, 4) is 0 Å². The second-order valence-electron chi connectivity index (χ2n) is 2.73. The van der Waals surface area contributed by atoms with Gasteiger partial charge in [-0.15, -0.1) is 0 Å². The monoisotopic (exact) mass is 162 g/mol. The van der Waals surface area contributed by atoms with E-state index < -0.39 is 22.5 Å². The molecule has 64 valence electrons. The van der Waals surface area contributed by atoms with Gasteiger partial charge in [0.15, 0.2) is 6.04 Å². The molecule has 0 unspecified atom stereocenters. The number of nitrogens with zero attached hydrogens (tertiary/aromatic N) is 1. The number of hydrogen-bond acceptors (Lipinski definition) is 4. The average molecular weight is 162 g/mol. The van der Waals surface area contributed by atoms with Gasteiger partial charge in [0.05, 0.1) is 0 Å². The van der Waals surface area contributed by atoms with Crippen LogP contribution in [0.3, 0.4) is 0 Å². The van der Waals surface area contributed by atoms with Crippen LogP contribution in [0.5, 0.6) is 0 Å². The fourth-order valence-electron chi connectivity index (χ4n) is 0.416. The van der Waals surface area contributed by atoms with Crippen molar-refractivity contribution in [2.24, 2.45) is 5.73 Å². The van der Waals surface area contributed by atoms with Crippen molar-refractivity contribution in [1.82, 2.24) is 0 Å². The molecule has 11 heavy (non-hydrogen) atoms. The van der Waals surface area contributed by atoms with Crippen molar-refractivity contribution >= 4 is 5.97 Å². The number of carboxylic acids is 1. The van der Waals surface area contributed by atoms with E-state index in [9.17, 15) is 14.9 Å². The molecule has 0 saturated heterocycles. The van der Waals surface area contributed by atoms with Gasteiger partial charge >= 0.3 is 5.97 Å². The summed E-state index contributed by atoms with van der Waals surface area (Å²) in [4.78, 5) is 19.7. The van der Waals surface area contributed by atoms with Crippen LogP contribution in [0.2, 0.25) is 0 Å². The minimum atomic E-state index is -1.62. The largest absolute Gasteiger partial charge is 0.480 e. The highest BCUT2D eigenvalue weighted by Gasteiger charge is 2.43. The second-order valence-corrected chi connectivity index (χ2v) is 2.73. The number of rotatable bonds is 3. The lowest BCUT2D eigenvalue weighted by Crippen LogP contribution is -2.53. The smallest absolute Gasteiger partial charge is 0.327 e. The van der Waals surface area contributed by atoms with Crippen LogP contribution in [-0.2, 0) is 4.79 Å². The molecule has 6 heteroatoms. The molecule has 1 atom stereocenters. The highest BCUT2D eigenvalue weighted by Crippen LogP contribution is 2.11. The molecule has 0 aromatic rings. The molecule has 0 aliphatic heterocycles. The molecule has 0 saturated carbocycles. The average Bonchev–Trinajstić information content (AvgIpc) is 1.85. The first-order chi connectivity index (χ1) is 4.80. The summed E-state index contributed by atoms with van der Waals surface area (Å²) in [5, 5.41) is 18.6. The highest BCUT2D eigenvalue weighted by molar-refractivity contribution is 5.74. The summed E-state index contributed by atoms with van der Waals surface area (Å²) in [7, 11) is 0. The number of carboxylic acid groups (broad SMARTS) is 1. The first-order valence-electron chi connectivity index (χ1n) is 2.93. The summed E-state index contributed by atoms with van der Waals surface area (Å²) < 4.78 is 0. The molecule has 0 heterocycles. The lowest BCUT2D eigenvalue weighted by Gasteiger charge is -2.18. The molecule has 0 bridgehead atoms. The molecule has 6 nitrogen and oxygen atoms in total. The second kappa shape index (κ2) is 2.83. The Kier molecular flexibility index (Phi) is 2.53. The lowest BCUT2D eigenvalue weighted by atomic mass is 9.97. The summed E-state index contributed by atoms with van der Waals surface area (Å²) in [5.41, 5.74) is 3.43. The first-order valence-corrected chi connectivity index (χ1v) is 2.93. The number of carbonyl (C=O) groups is 1. The van der Waals surface area contributed by atoms with Gasteiger partial charge in [0.1, 0.15) is 0 Å². The van der Waals surface area contributed by atoms with Crippen LogP contribution in [-0.4, -0.2) is 27.6 Å². The van der Waals surface area contributed by atoms with Crippen LogP contribution in [0.25, 0.3) is 0 Å². The van der Waals surface area contributed by atoms with Gasteiger partial charge < -0.3 is 10.8 Å². The van der Waals surface area contributed by atoms with Gasteiger partial charge in [0, 0.05) is 18.8 Å². The minimum Gasteiger partial charge on any atom is -0.480 e.